The molecule has 5 nitrogen and oxygen atoms in total. The SMILES string of the molecule is CCc1ccc(CC(=O)Nc2nnc(-c3cccc(SC(C)C)c3)o2)cc1. The third-order valence-corrected chi connectivity index (χ3v) is 4.92. The maximum atomic E-state index is 12.2. The molecule has 1 aromatic heterocycles. The lowest BCUT2D eigenvalue weighted by Crippen LogP contribution is -2.14. The monoisotopic (exact) mass is 381 g/mol. The fraction of sp³-hybridized carbons (Fsp3) is 0.286. The summed E-state index contributed by atoms with van der Waals surface area (Å²) >= 11 is 1.77. The first-order valence-electron chi connectivity index (χ1n) is 9.01. The molecule has 0 saturated heterocycles. The predicted octanol–water partition coefficient (Wildman–Crippen LogP) is 4.98. The molecular formula is C21H23N3O2S. The van der Waals surface area contributed by atoms with Crippen molar-refractivity contribution in [3.8, 4) is 11.5 Å². The zero-order valence-electron chi connectivity index (χ0n) is 15.7. The summed E-state index contributed by atoms with van der Waals surface area (Å²) in [6.45, 7) is 6.40. The van der Waals surface area contributed by atoms with E-state index in [2.05, 4.69) is 42.4 Å². The second kappa shape index (κ2) is 8.86. The number of benzene rings is 2. The number of carbonyl (C=O) groups is 1. The minimum absolute atomic E-state index is 0.113. The van der Waals surface area contributed by atoms with Crippen molar-refractivity contribution in [1.82, 2.24) is 10.2 Å². The molecule has 0 aliphatic heterocycles. The van der Waals surface area contributed by atoms with Gasteiger partial charge < -0.3 is 4.42 Å². The molecule has 0 fully saturated rings. The molecule has 6 heteroatoms. The zero-order valence-corrected chi connectivity index (χ0v) is 16.5. The predicted molar refractivity (Wildman–Crippen MR) is 109 cm³/mol. The quantitative estimate of drug-likeness (QED) is 0.585. The van der Waals surface area contributed by atoms with E-state index in [9.17, 15) is 4.79 Å². The Hall–Kier alpha value is -2.60. The van der Waals surface area contributed by atoms with E-state index in [4.69, 9.17) is 4.42 Å². The van der Waals surface area contributed by atoms with Crippen LogP contribution in [0.3, 0.4) is 0 Å². The van der Waals surface area contributed by atoms with Crippen molar-refractivity contribution in [1.29, 1.82) is 0 Å². The topological polar surface area (TPSA) is 68.0 Å². The maximum Gasteiger partial charge on any atom is 0.322 e. The fourth-order valence-corrected chi connectivity index (χ4v) is 3.50. The molecule has 1 N–H and O–H groups in total. The second-order valence-corrected chi connectivity index (χ2v) is 8.15. The van der Waals surface area contributed by atoms with Crippen molar-refractivity contribution < 1.29 is 9.21 Å². The Kier molecular flexibility index (Phi) is 6.29. The highest BCUT2D eigenvalue weighted by Gasteiger charge is 2.12. The van der Waals surface area contributed by atoms with E-state index < -0.39 is 0 Å². The molecule has 0 unspecified atom stereocenters. The lowest BCUT2D eigenvalue weighted by molar-refractivity contribution is -0.115. The number of aryl methyl sites for hydroxylation is 1. The molecule has 0 atom stereocenters. The van der Waals surface area contributed by atoms with E-state index in [0.717, 1.165) is 22.4 Å². The standard InChI is InChI=1S/C21H23N3O2S/c1-4-15-8-10-16(11-9-15)12-19(25)22-21-24-23-20(26-21)17-6-5-7-18(13-17)27-14(2)3/h5-11,13-14H,4,12H2,1-3H3,(H,22,24,25). The van der Waals surface area contributed by atoms with Gasteiger partial charge in [-0.05, 0) is 35.7 Å². The van der Waals surface area contributed by atoms with Crippen molar-refractivity contribution in [3.05, 3.63) is 59.7 Å². The van der Waals surface area contributed by atoms with E-state index in [1.54, 1.807) is 11.8 Å². The van der Waals surface area contributed by atoms with Gasteiger partial charge in [0.05, 0.1) is 6.42 Å². The molecule has 0 radical (unpaired) electrons. The van der Waals surface area contributed by atoms with Gasteiger partial charge in [-0.2, -0.15) is 0 Å². The van der Waals surface area contributed by atoms with Crippen LogP contribution in [-0.4, -0.2) is 21.4 Å². The van der Waals surface area contributed by atoms with E-state index in [0.29, 0.717) is 11.1 Å². The molecule has 0 spiro atoms. The van der Waals surface area contributed by atoms with Crippen LogP contribution < -0.4 is 5.32 Å². The van der Waals surface area contributed by atoms with Gasteiger partial charge in [0.1, 0.15) is 0 Å². The van der Waals surface area contributed by atoms with E-state index >= 15 is 0 Å². The van der Waals surface area contributed by atoms with Gasteiger partial charge in [-0.3, -0.25) is 10.1 Å². The Labute approximate surface area is 163 Å². The van der Waals surface area contributed by atoms with Crippen LogP contribution in [0.5, 0.6) is 0 Å². The first kappa shape index (κ1) is 19.2. The van der Waals surface area contributed by atoms with Crippen LogP contribution in [0, 0.1) is 0 Å². The molecular weight excluding hydrogens is 358 g/mol. The minimum Gasteiger partial charge on any atom is -0.403 e. The number of thioether (sulfide) groups is 1. The lowest BCUT2D eigenvalue weighted by Gasteiger charge is -2.05. The Balaban J connectivity index is 1.64. The van der Waals surface area contributed by atoms with Crippen LogP contribution in [-0.2, 0) is 17.6 Å². The molecule has 3 rings (SSSR count). The Morgan fingerprint density at radius 2 is 1.85 bits per heavy atom. The number of amides is 1. The fourth-order valence-electron chi connectivity index (χ4n) is 2.61. The molecule has 27 heavy (non-hydrogen) atoms. The molecule has 0 aliphatic carbocycles. The number of rotatable bonds is 7. The highest BCUT2D eigenvalue weighted by molar-refractivity contribution is 7.99. The first-order chi connectivity index (χ1) is 13.0. The molecule has 1 amide bonds. The summed E-state index contributed by atoms with van der Waals surface area (Å²) in [5.74, 6) is 0.211. The van der Waals surface area contributed by atoms with Crippen molar-refractivity contribution in [2.75, 3.05) is 5.32 Å². The molecule has 2 aromatic carbocycles. The molecule has 1 heterocycles. The number of nitrogens with zero attached hydrogens (tertiary/aromatic N) is 2. The molecule has 0 aliphatic rings. The summed E-state index contributed by atoms with van der Waals surface area (Å²) < 4.78 is 5.61. The first-order valence-corrected chi connectivity index (χ1v) is 9.89. The van der Waals surface area contributed by atoms with Crippen LogP contribution in [0.4, 0.5) is 6.01 Å². The summed E-state index contributed by atoms with van der Waals surface area (Å²) in [6.07, 6.45) is 1.25. The lowest BCUT2D eigenvalue weighted by atomic mass is 10.1. The Morgan fingerprint density at radius 3 is 2.56 bits per heavy atom. The van der Waals surface area contributed by atoms with Gasteiger partial charge in [0, 0.05) is 15.7 Å². The number of anilines is 1. The third kappa shape index (κ3) is 5.44. The van der Waals surface area contributed by atoms with Crippen molar-refractivity contribution >= 4 is 23.7 Å². The highest BCUT2D eigenvalue weighted by Crippen LogP contribution is 2.28. The number of hydrogen-bond donors (Lipinski definition) is 1. The molecule has 3 aromatic rings. The molecule has 0 bridgehead atoms. The van der Waals surface area contributed by atoms with Gasteiger partial charge in [-0.25, -0.2) is 0 Å². The summed E-state index contributed by atoms with van der Waals surface area (Å²) in [5.41, 5.74) is 3.03. The van der Waals surface area contributed by atoms with Crippen molar-refractivity contribution in [2.45, 2.75) is 43.8 Å². The third-order valence-electron chi connectivity index (χ3n) is 3.92. The Bertz CT molecular complexity index is 904. The van der Waals surface area contributed by atoms with Crippen LogP contribution in [0.2, 0.25) is 0 Å². The van der Waals surface area contributed by atoms with Gasteiger partial charge in [-0.1, -0.05) is 56.2 Å². The van der Waals surface area contributed by atoms with Crippen molar-refractivity contribution in [3.63, 3.8) is 0 Å². The minimum atomic E-state index is -0.182. The van der Waals surface area contributed by atoms with Crippen LogP contribution >= 0.6 is 11.8 Å². The molecule has 0 saturated carbocycles. The van der Waals surface area contributed by atoms with Crippen LogP contribution in [0.25, 0.3) is 11.5 Å². The second-order valence-electron chi connectivity index (χ2n) is 6.50. The Morgan fingerprint density at radius 1 is 1.11 bits per heavy atom. The van der Waals surface area contributed by atoms with Gasteiger partial charge in [0.15, 0.2) is 0 Å². The van der Waals surface area contributed by atoms with E-state index in [-0.39, 0.29) is 18.3 Å². The average Bonchev–Trinajstić information content (AvgIpc) is 3.10. The van der Waals surface area contributed by atoms with Crippen LogP contribution in [0.15, 0.2) is 57.8 Å². The maximum absolute atomic E-state index is 12.2. The summed E-state index contributed by atoms with van der Waals surface area (Å²) in [6, 6.07) is 16.1. The largest absolute Gasteiger partial charge is 0.403 e. The zero-order chi connectivity index (χ0) is 19.2. The van der Waals surface area contributed by atoms with Gasteiger partial charge in [0.25, 0.3) is 0 Å². The van der Waals surface area contributed by atoms with Crippen molar-refractivity contribution in [2.24, 2.45) is 0 Å². The average molecular weight is 382 g/mol. The molecule has 140 valence electrons. The number of carbonyl (C=O) groups excluding carboxylic acids is 1. The van der Waals surface area contributed by atoms with Gasteiger partial charge >= 0.3 is 6.01 Å². The summed E-state index contributed by atoms with van der Waals surface area (Å²) in [4.78, 5) is 13.4. The highest BCUT2D eigenvalue weighted by atomic mass is 32.2. The van der Waals surface area contributed by atoms with Gasteiger partial charge in [0.2, 0.25) is 11.8 Å². The van der Waals surface area contributed by atoms with E-state index in [1.165, 1.54) is 5.56 Å². The van der Waals surface area contributed by atoms with Crippen LogP contribution in [0.1, 0.15) is 31.9 Å². The number of hydrogen-bond acceptors (Lipinski definition) is 5. The summed E-state index contributed by atoms with van der Waals surface area (Å²) in [7, 11) is 0. The van der Waals surface area contributed by atoms with Gasteiger partial charge in [-0.15, -0.1) is 16.9 Å². The normalized spacial score (nSPS) is 11.0. The number of aromatic nitrogens is 2. The smallest absolute Gasteiger partial charge is 0.322 e. The van der Waals surface area contributed by atoms with E-state index in [1.807, 2.05) is 42.5 Å². The summed E-state index contributed by atoms with van der Waals surface area (Å²) in [5, 5.41) is 11.1. The number of nitrogens with one attached hydrogen (secondary N) is 1.